The van der Waals surface area contributed by atoms with Crippen LogP contribution in [0.4, 0.5) is 0 Å². The van der Waals surface area contributed by atoms with Gasteiger partial charge in [0.25, 0.3) is 0 Å². The monoisotopic (exact) mass is 283 g/mol. The first-order valence-corrected chi connectivity index (χ1v) is 6.58. The molecule has 2 atom stereocenters. The largest absolute Gasteiger partial charge is 0.391 e. The van der Waals surface area contributed by atoms with Crippen molar-refractivity contribution in [3.05, 3.63) is 33.8 Å². The Morgan fingerprint density at radius 3 is 2.62 bits per heavy atom. The van der Waals surface area contributed by atoms with E-state index < -0.39 is 6.10 Å². The fourth-order valence-corrected chi connectivity index (χ4v) is 2.92. The second-order valence-corrected chi connectivity index (χ2v) is 5.59. The average molecular weight is 284 g/mol. The minimum atomic E-state index is -0.409. The lowest BCUT2D eigenvalue weighted by atomic mass is 9.77. The molecule has 0 amide bonds. The van der Waals surface area contributed by atoms with E-state index in [0.717, 1.165) is 22.9 Å². The Bertz CT molecular complexity index is 376. The van der Waals surface area contributed by atoms with Gasteiger partial charge in [-0.3, -0.25) is 0 Å². The number of hydrogen-bond donors (Lipinski definition) is 2. The topological polar surface area (TPSA) is 46.2 Å². The van der Waals surface area contributed by atoms with Crippen LogP contribution >= 0.6 is 15.9 Å². The Balaban J connectivity index is 2.15. The number of rotatable bonds is 3. The molecule has 2 rings (SSSR count). The molecule has 1 aliphatic carbocycles. The van der Waals surface area contributed by atoms with E-state index in [1.807, 2.05) is 25.1 Å². The number of aliphatic hydroxyl groups excluding tert-OH is 1. The highest BCUT2D eigenvalue weighted by Crippen LogP contribution is 2.36. The van der Waals surface area contributed by atoms with Gasteiger partial charge < -0.3 is 10.8 Å². The summed E-state index contributed by atoms with van der Waals surface area (Å²) in [5.41, 5.74) is 8.32. The van der Waals surface area contributed by atoms with Crippen LogP contribution in [0.25, 0.3) is 0 Å². The number of hydrogen-bond acceptors (Lipinski definition) is 2. The lowest BCUT2D eigenvalue weighted by molar-refractivity contribution is 0.0412. The molecule has 1 aromatic carbocycles. The standard InChI is InChI=1S/C13H18BrNO/c1-8-5-6-10(11(14)7-8)12(15)13(16)9-3-2-4-9/h5-7,9,12-13,16H,2-4,15H2,1H3/t12-,13+/m1/s1. The van der Waals surface area contributed by atoms with Gasteiger partial charge >= 0.3 is 0 Å². The van der Waals surface area contributed by atoms with E-state index in [1.54, 1.807) is 0 Å². The van der Waals surface area contributed by atoms with Gasteiger partial charge in [0, 0.05) is 4.47 Å². The lowest BCUT2D eigenvalue weighted by Crippen LogP contribution is -2.36. The molecule has 16 heavy (non-hydrogen) atoms. The van der Waals surface area contributed by atoms with Crippen molar-refractivity contribution in [3.8, 4) is 0 Å². The van der Waals surface area contributed by atoms with Gasteiger partial charge in [-0.25, -0.2) is 0 Å². The molecule has 0 aliphatic heterocycles. The Morgan fingerprint density at radius 2 is 2.12 bits per heavy atom. The third kappa shape index (κ3) is 2.31. The molecule has 0 heterocycles. The molecule has 0 bridgehead atoms. The fraction of sp³-hybridized carbons (Fsp3) is 0.538. The minimum absolute atomic E-state index is 0.278. The number of nitrogens with two attached hydrogens (primary N) is 1. The molecule has 1 aromatic rings. The third-order valence-corrected chi connectivity index (χ3v) is 4.20. The van der Waals surface area contributed by atoms with Crippen molar-refractivity contribution < 1.29 is 5.11 Å². The molecule has 0 radical (unpaired) electrons. The summed E-state index contributed by atoms with van der Waals surface area (Å²) in [5.74, 6) is 0.392. The summed E-state index contributed by atoms with van der Waals surface area (Å²) in [7, 11) is 0. The maximum atomic E-state index is 10.1. The van der Waals surface area contributed by atoms with E-state index in [9.17, 15) is 5.11 Å². The van der Waals surface area contributed by atoms with Crippen LogP contribution in [0, 0.1) is 12.8 Å². The predicted octanol–water partition coefficient (Wildman–Crippen LogP) is 2.92. The van der Waals surface area contributed by atoms with E-state index in [-0.39, 0.29) is 6.04 Å². The minimum Gasteiger partial charge on any atom is -0.391 e. The summed E-state index contributed by atoms with van der Waals surface area (Å²) in [6, 6.07) is 5.81. The molecule has 1 fully saturated rings. The van der Waals surface area contributed by atoms with E-state index >= 15 is 0 Å². The second kappa shape index (κ2) is 4.86. The molecule has 0 spiro atoms. The first-order chi connectivity index (χ1) is 7.59. The van der Waals surface area contributed by atoms with Crippen molar-refractivity contribution in [2.24, 2.45) is 11.7 Å². The van der Waals surface area contributed by atoms with Gasteiger partial charge in [0.1, 0.15) is 0 Å². The molecular formula is C13H18BrNO. The van der Waals surface area contributed by atoms with E-state index in [4.69, 9.17) is 5.73 Å². The van der Waals surface area contributed by atoms with Gasteiger partial charge in [-0.15, -0.1) is 0 Å². The lowest BCUT2D eigenvalue weighted by Gasteiger charge is -2.34. The van der Waals surface area contributed by atoms with Crippen LogP contribution in [0.1, 0.15) is 36.4 Å². The first kappa shape index (κ1) is 12.1. The average Bonchev–Trinajstić information content (AvgIpc) is 2.14. The number of benzene rings is 1. The smallest absolute Gasteiger partial charge is 0.0761 e. The molecule has 88 valence electrons. The van der Waals surface area contributed by atoms with Gasteiger partial charge in [-0.2, -0.15) is 0 Å². The summed E-state index contributed by atoms with van der Waals surface area (Å²) in [6.07, 6.45) is 3.04. The normalized spacial score (nSPS) is 20.2. The first-order valence-electron chi connectivity index (χ1n) is 5.79. The number of aliphatic hydroxyl groups is 1. The summed E-state index contributed by atoms with van der Waals surface area (Å²) < 4.78 is 0.998. The van der Waals surface area contributed by atoms with Gasteiger partial charge in [-0.1, -0.05) is 34.5 Å². The van der Waals surface area contributed by atoms with Crippen LogP contribution in [0.2, 0.25) is 0 Å². The summed E-state index contributed by atoms with van der Waals surface area (Å²) in [6.45, 7) is 2.04. The van der Waals surface area contributed by atoms with Gasteiger partial charge in [0.05, 0.1) is 12.1 Å². The Morgan fingerprint density at radius 1 is 1.44 bits per heavy atom. The molecule has 3 heteroatoms. The van der Waals surface area contributed by atoms with E-state index in [2.05, 4.69) is 15.9 Å². The number of halogens is 1. The predicted molar refractivity (Wildman–Crippen MR) is 69.2 cm³/mol. The highest BCUT2D eigenvalue weighted by molar-refractivity contribution is 9.10. The molecular weight excluding hydrogens is 266 g/mol. The molecule has 1 saturated carbocycles. The second-order valence-electron chi connectivity index (χ2n) is 4.73. The van der Waals surface area contributed by atoms with Crippen molar-refractivity contribution in [1.29, 1.82) is 0 Å². The van der Waals surface area contributed by atoms with Gasteiger partial charge in [0.15, 0.2) is 0 Å². The maximum Gasteiger partial charge on any atom is 0.0761 e. The van der Waals surface area contributed by atoms with Gasteiger partial charge in [-0.05, 0) is 42.9 Å². The van der Waals surface area contributed by atoms with Crippen LogP contribution < -0.4 is 5.73 Å². The fourth-order valence-electron chi connectivity index (χ4n) is 2.16. The summed E-state index contributed by atoms with van der Waals surface area (Å²) >= 11 is 3.51. The zero-order chi connectivity index (χ0) is 11.7. The van der Waals surface area contributed by atoms with Crippen molar-refractivity contribution >= 4 is 15.9 Å². The van der Waals surface area contributed by atoms with Crippen LogP contribution in [-0.2, 0) is 0 Å². The molecule has 0 unspecified atom stereocenters. The SMILES string of the molecule is Cc1ccc([C@@H](N)[C@@H](O)C2CCC2)c(Br)c1. The van der Waals surface area contributed by atoms with E-state index in [0.29, 0.717) is 5.92 Å². The van der Waals surface area contributed by atoms with Crippen LogP contribution in [0.15, 0.2) is 22.7 Å². The van der Waals surface area contributed by atoms with Gasteiger partial charge in [0.2, 0.25) is 0 Å². The maximum absolute atomic E-state index is 10.1. The Hall–Kier alpha value is -0.380. The summed E-state index contributed by atoms with van der Waals surface area (Å²) in [5, 5.41) is 10.1. The van der Waals surface area contributed by atoms with Crippen molar-refractivity contribution in [2.45, 2.75) is 38.3 Å². The van der Waals surface area contributed by atoms with Crippen molar-refractivity contribution in [3.63, 3.8) is 0 Å². The Labute approximate surface area is 105 Å². The quantitative estimate of drug-likeness (QED) is 0.896. The van der Waals surface area contributed by atoms with Crippen molar-refractivity contribution in [1.82, 2.24) is 0 Å². The third-order valence-electron chi connectivity index (χ3n) is 3.52. The highest BCUT2D eigenvalue weighted by atomic mass is 79.9. The zero-order valence-electron chi connectivity index (χ0n) is 9.49. The molecule has 0 saturated heterocycles. The summed E-state index contributed by atoms with van der Waals surface area (Å²) in [4.78, 5) is 0. The molecule has 3 N–H and O–H groups in total. The number of aryl methyl sites for hydroxylation is 1. The van der Waals surface area contributed by atoms with Crippen LogP contribution in [-0.4, -0.2) is 11.2 Å². The van der Waals surface area contributed by atoms with Crippen LogP contribution in [0.3, 0.4) is 0 Å². The molecule has 2 nitrogen and oxygen atoms in total. The molecule has 0 aromatic heterocycles. The molecule has 1 aliphatic rings. The van der Waals surface area contributed by atoms with Crippen LogP contribution in [0.5, 0.6) is 0 Å². The Kier molecular flexibility index (Phi) is 3.67. The highest BCUT2D eigenvalue weighted by Gasteiger charge is 2.31. The van der Waals surface area contributed by atoms with Crippen molar-refractivity contribution in [2.75, 3.05) is 0 Å². The van der Waals surface area contributed by atoms with E-state index in [1.165, 1.54) is 12.0 Å². The zero-order valence-corrected chi connectivity index (χ0v) is 11.1.